The largest absolute Gasteiger partial charge is 0.467 e. The Labute approximate surface area is 204 Å². The van der Waals surface area contributed by atoms with E-state index in [4.69, 9.17) is 4.42 Å². The van der Waals surface area contributed by atoms with Crippen LogP contribution in [0, 0.1) is 13.8 Å². The van der Waals surface area contributed by atoms with E-state index in [2.05, 4.69) is 34.1 Å². The van der Waals surface area contributed by atoms with E-state index in [9.17, 15) is 14.4 Å². The maximum atomic E-state index is 13.1. The van der Waals surface area contributed by atoms with Crippen molar-refractivity contribution in [2.24, 2.45) is 0 Å². The number of amides is 4. The van der Waals surface area contributed by atoms with Crippen LogP contribution in [0.2, 0.25) is 0 Å². The standard InChI is InChI=1S/C28H29N3O4/c1-18-15-22(16-25-26(32)29-28(34)30(27(25)33)17-24-9-6-14-35-24)19(2)31(18)23-12-10-21(11-13-23)20-7-4-3-5-8-20/h6,9-16,20H,3-5,7-8,17H2,1-2H3,(H,29,32,34)/b25-16+. The Morgan fingerprint density at radius 1 is 1.03 bits per heavy atom. The fourth-order valence-electron chi connectivity index (χ4n) is 5.21. The number of furan rings is 1. The fraction of sp³-hybridized carbons (Fsp3) is 0.321. The van der Waals surface area contributed by atoms with E-state index in [1.54, 1.807) is 18.2 Å². The summed E-state index contributed by atoms with van der Waals surface area (Å²) in [6.07, 6.45) is 9.50. The molecule has 0 bridgehead atoms. The van der Waals surface area contributed by atoms with E-state index in [-0.39, 0.29) is 12.1 Å². The average Bonchev–Trinajstić information content (AvgIpc) is 3.47. The number of nitrogens with one attached hydrogen (secondary N) is 1. The Morgan fingerprint density at radius 3 is 2.46 bits per heavy atom. The zero-order valence-electron chi connectivity index (χ0n) is 20.0. The highest BCUT2D eigenvalue weighted by Crippen LogP contribution is 2.33. The Bertz CT molecular complexity index is 1290. The number of benzene rings is 1. The van der Waals surface area contributed by atoms with E-state index >= 15 is 0 Å². The maximum Gasteiger partial charge on any atom is 0.331 e. The third-order valence-corrected chi connectivity index (χ3v) is 7.08. The van der Waals surface area contributed by atoms with E-state index in [1.807, 2.05) is 19.9 Å². The van der Waals surface area contributed by atoms with Crippen LogP contribution in [0.5, 0.6) is 0 Å². The number of carbonyl (C=O) groups excluding carboxylic acids is 3. The van der Waals surface area contributed by atoms with Crippen molar-refractivity contribution in [3.63, 3.8) is 0 Å². The van der Waals surface area contributed by atoms with Gasteiger partial charge in [-0.1, -0.05) is 31.4 Å². The van der Waals surface area contributed by atoms with Crippen LogP contribution in [-0.4, -0.2) is 27.3 Å². The summed E-state index contributed by atoms with van der Waals surface area (Å²) >= 11 is 0. The first-order valence-electron chi connectivity index (χ1n) is 12.1. The third kappa shape index (κ3) is 4.46. The lowest BCUT2D eigenvalue weighted by Crippen LogP contribution is -2.53. The molecule has 1 aliphatic carbocycles. The molecule has 4 amide bonds. The lowest BCUT2D eigenvalue weighted by atomic mass is 9.84. The van der Waals surface area contributed by atoms with Gasteiger partial charge >= 0.3 is 6.03 Å². The molecule has 7 heteroatoms. The number of carbonyl (C=O) groups is 3. The minimum absolute atomic E-state index is 0.0470. The van der Waals surface area contributed by atoms with Gasteiger partial charge in [0.15, 0.2) is 0 Å². The zero-order valence-corrected chi connectivity index (χ0v) is 20.0. The van der Waals surface area contributed by atoms with Crippen molar-refractivity contribution in [1.29, 1.82) is 0 Å². The summed E-state index contributed by atoms with van der Waals surface area (Å²) in [6.45, 7) is 3.92. The van der Waals surface area contributed by atoms with Gasteiger partial charge in [0.05, 0.1) is 12.8 Å². The van der Waals surface area contributed by atoms with Crippen molar-refractivity contribution in [2.75, 3.05) is 0 Å². The van der Waals surface area contributed by atoms with Crippen molar-refractivity contribution in [2.45, 2.75) is 58.4 Å². The monoisotopic (exact) mass is 471 g/mol. The van der Waals surface area contributed by atoms with Gasteiger partial charge in [-0.2, -0.15) is 0 Å². The highest BCUT2D eigenvalue weighted by atomic mass is 16.3. The number of hydrogen-bond donors (Lipinski definition) is 1. The Kier molecular flexibility index (Phi) is 6.16. The second kappa shape index (κ2) is 9.41. The molecule has 1 aromatic carbocycles. The second-order valence-corrected chi connectivity index (χ2v) is 9.38. The first-order valence-corrected chi connectivity index (χ1v) is 12.1. The molecule has 1 saturated carbocycles. The quantitative estimate of drug-likeness (QED) is 0.399. The number of aromatic nitrogens is 1. The van der Waals surface area contributed by atoms with Crippen molar-refractivity contribution in [1.82, 2.24) is 14.8 Å². The van der Waals surface area contributed by atoms with Gasteiger partial charge in [-0.3, -0.25) is 19.8 Å². The normalized spacial score (nSPS) is 18.4. The number of imide groups is 2. The number of nitrogens with zero attached hydrogens (tertiary/aromatic N) is 2. The van der Waals surface area contributed by atoms with E-state index < -0.39 is 17.8 Å². The summed E-state index contributed by atoms with van der Waals surface area (Å²) < 4.78 is 7.38. The van der Waals surface area contributed by atoms with Crippen molar-refractivity contribution >= 4 is 23.9 Å². The summed E-state index contributed by atoms with van der Waals surface area (Å²) in [5.74, 6) is -0.237. The smallest absolute Gasteiger partial charge is 0.331 e. The summed E-state index contributed by atoms with van der Waals surface area (Å²) in [5.41, 5.74) is 5.01. The molecule has 2 aliphatic rings. The molecule has 1 N–H and O–H groups in total. The molecule has 2 aromatic heterocycles. The van der Waals surface area contributed by atoms with Gasteiger partial charge in [0.1, 0.15) is 11.3 Å². The molecule has 1 aliphatic heterocycles. The van der Waals surface area contributed by atoms with Crippen molar-refractivity contribution < 1.29 is 18.8 Å². The number of aryl methyl sites for hydroxylation is 1. The van der Waals surface area contributed by atoms with Crippen LogP contribution in [0.25, 0.3) is 11.8 Å². The summed E-state index contributed by atoms with van der Waals surface area (Å²) in [5, 5.41) is 2.26. The van der Waals surface area contributed by atoms with Crippen LogP contribution < -0.4 is 5.32 Å². The van der Waals surface area contributed by atoms with E-state index in [1.165, 1.54) is 43.9 Å². The average molecular weight is 472 g/mol. The summed E-state index contributed by atoms with van der Waals surface area (Å²) in [4.78, 5) is 38.9. The van der Waals surface area contributed by atoms with Gasteiger partial charge in [-0.25, -0.2) is 4.79 Å². The van der Waals surface area contributed by atoms with Gasteiger partial charge in [0.2, 0.25) is 0 Å². The SMILES string of the molecule is Cc1cc(/C=C2\C(=O)NC(=O)N(Cc3ccco3)C2=O)c(C)n1-c1ccc(C2CCCCC2)cc1. The molecule has 7 nitrogen and oxygen atoms in total. The Morgan fingerprint density at radius 2 is 1.77 bits per heavy atom. The fourth-order valence-corrected chi connectivity index (χ4v) is 5.21. The molecule has 0 spiro atoms. The molecule has 5 rings (SSSR count). The van der Waals surface area contributed by atoms with Crippen LogP contribution in [-0.2, 0) is 16.1 Å². The summed E-state index contributed by atoms with van der Waals surface area (Å²) in [7, 11) is 0. The van der Waals surface area contributed by atoms with E-state index in [0.717, 1.165) is 27.5 Å². The minimum Gasteiger partial charge on any atom is -0.467 e. The number of urea groups is 1. The molecule has 0 atom stereocenters. The second-order valence-electron chi connectivity index (χ2n) is 9.38. The van der Waals surface area contributed by atoms with Crippen LogP contribution in [0.3, 0.4) is 0 Å². The molecule has 2 fully saturated rings. The van der Waals surface area contributed by atoms with Crippen LogP contribution >= 0.6 is 0 Å². The number of rotatable bonds is 5. The molecular weight excluding hydrogens is 442 g/mol. The third-order valence-electron chi connectivity index (χ3n) is 7.08. The first kappa shape index (κ1) is 22.9. The zero-order chi connectivity index (χ0) is 24.5. The maximum absolute atomic E-state index is 13.1. The molecule has 0 unspecified atom stereocenters. The number of hydrogen-bond acceptors (Lipinski definition) is 4. The lowest BCUT2D eigenvalue weighted by molar-refractivity contribution is -0.130. The van der Waals surface area contributed by atoms with Gasteiger partial charge in [-0.15, -0.1) is 0 Å². The molecule has 180 valence electrons. The predicted octanol–water partition coefficient (Wildman–Crippen LogP) is 5.40. The predicted molar refractivity (Wildman–Crippen MR) is 132 cm³/mol. The van der Waals surface area contributed by atoms with Crippen LogP contribution in [0.4, 0.5) is 4.79 Å². The molecule has 35 heavy (non-hydrogen) atoms. The van der Waals surface area contributed by atoms with E-state index in [0.29, 0.717) is 11.7 Å². The summed E-state index contributed by atoms with van der Waals surface area (Å²) in [6, 6.07) is 13.3. The van der Waals surface area contributed by atoms with Crippen molar-refractivity contribution in [3.8, 4) is 5.69 Å². The lowest BCUT2D eigenvalue weighted by Gasteiger charge is -2.25. The van der Waals surface area contributed by atoms with Crippen LogP contribution in [0.1, 0.15) is 66.3 Å². The van der Waals surface area contributed by atoms with Crippen molar-refractivity contribution in [3.05, 3.63) is 82.6 Å². The van der Waals surface area contributed by atoms with Gasteiger partial charge in [0, 0.05) is 17.1 Å². The number of barbiturate groups is 1. The van der Waals surface area contributed by atoms with Gasteiger partial charge in [0.25, 0.3) is 11.8 Å². The molecule has 3 heterocycles. The minimum atomic E-state index is -0.753. The molecule has 3 aromatic rings. The van der Waals surface area contributed by atoms with Crippen LogP contribution in [0.15, 0.2) is 58.7 Å². The Balaban J connectivity index is 1.43. The first-order chi connectivity index (χ1) is 16.9. The molecular formula is C28H29N3O4. The highest BCUT2D eigenvalue weighted by molar-refractivity contribution is 6.31. The van der Waals surface area contributed by atoms with Gasteiger partial charge in [-0.05, 0) is 80.1 Å². The Hall–Kier alpha value is -3.87. The molecule has 1 saturated heterocycles. The highest BCUT2D eigenvalue weighted by Gasteiger charge is 2.36. The van der Waals surface area contributed by atoms with Gasteiger partial charge < -0.3 is 8.98 Å². The molecule has 0 radical (unpaired) electrons. The topological polar surface area (TPSA) is 84.6 Å².